The highest BCUT2D eigenvalue weighted by molar-refractivity contribution is 6.31. The van der Waals surface area contributed by atoms with Crippen molar-refractivity contribution in [3.8, 4) is 0 Å². The van der Waals surface area contributed by atoms with Crippen molar-refractivity contribution in [3.63, 3.8) is 0 Å². The molecule has 2 amide bonds. The van der Waals surface area contributed by atoms with E-state index in [1.54, 1.807) is 36.4 Å². The topological polar surface area (TPSA) is 65.3 Å². The lowest BCUT2D eigenvalue weighted by atomic mass is 10.1. The molecule has 1 fully saturated rings. The third-order valence-corrected chi connectivity index (χ3v) is 4.66. The number of rotatable bonds is 3. The van der Waals surface area contributed by atoms with E-state index < -0.39 is 12.1 Å². The number of benzene rings is 2. The van der Waals surface area contributed by atoms with Gasteiger partial charge in [0.1, 0.15) is 0 Å². The van der Waals surface area contributed by atoms with Crippen molar-refractivity contribution in [1.82, 2.24) is 5.01 Å². The minimum absolute atomic E-state index is 0.343. The predicted molar refractivity (Wildman–Crippen MR) is 93.4 cm³/mol. The molecule has 0 unspecified atom stereocenters. The minimum Gasteiger partial charge on any atom is -0.271 e. The third kappa shape index (κ3) is 2.77. The molecule has 0 spiro atoms. The molecule has 2 aliphatic heterocycles. The molecule has 6 nitrogen and oxygen atoms in total. The Morgan fingerprint density at radius 3 is 2.44 bits per heavy atom. The molecular formula is C17H12Cl2N4O2. The van der Waals surface area contributed by atoms with Crippen molar-refractivity contribution in [2.24, 2.45) is 10.3 Å². The molecule has 25 heavy (non-hydrogen) atoms. The predicted octanol–water partition coefficient (Wildman–Crippen LogP) is 3.49. The number of hydrogen-bond donors (Lipinski definition) is 0. The number of nitrogens with zero attached hydrogens (tertiary/aromatic N) is 4. The number of imide groups is 1. The molecular weight excluding hydrogens is 363 g/mol. The minimum atomic E-state index is -0.817. The molecule has 0 saturated carbocycles. The van der Waals surface area contributed by atoms with E-state index in [1.165, 1.54) is 5.01 Å². The van der Waals surface area contributed by atoms with Crippen LogP contribution in [0.3, 0.4) is 0 Å². The van der Waals surface area contributed by atoms with Gasteiger partial charge >= 0.3 is 0 Å². The summed E-state index contributed by atoms with van der Waals surface area (Å²) in [5, 5.41) is 10.7. The van der Waals surface area contributed by atoms with Gasteiger partial charge in [0.25, 0.3) is 11.8 Å². The fraction of sp³-hybridized carbons (Fsp3) is 0.176. The lowest BCUT2D eigenvalue weighted by molar-refractivity contribution is -0.123. The van der Waals surface area contributed by atoms with Gasteiger partial charge in [-0.1, -0.05) is 40.6 Å². The zero-order chi connectivity index (χ0) is 17.6. The summed E-state index contributed by atoms with van der Waals surface area (Å²) in [5.41, 5.74) is 1.36. The summed E-state index contributed by atoms with van der Waals surface area (Å²) in [7, 11) is 0. The van der Waals surface area contributed by atoms with E-state index >= 15 is 0 Å². The molecule has 0 N–H and O–H groups in total. The Morgan fingerprint density at radius 1 is 0.960 bits per heavy atom. The molecule has 8 heteroatoms. The average Bonchev–Trinajstić information content (AvgIpc) is 3.10. The standard InChI is InChI=1S/C17H12Cl2N4O2/c18-11-4-6-13(7-5-11)23-16(24)14-15(17(23)25)22(21-20-14)9-10-2-1-3-12(19)8-10/h1-8,14-15H,9H2/t14-,15+/m0/s1. The summed E-state index contributed by atoms with van der Waals surface area (Å²) < 4.78 is 0. The Balaban J connectivity index is 1.60. The smallest absolute Gasteiger partial charge is 0.263 e. The van der Waals surface area contributed by atoms with Crippen LogP contribution in [0.15, 0.2) is 58.9 Å². The van der Waals surface area contributed by atoms with Gasteiger partial charge in [-0.05, 0) is 42.0 Å². The molecule has 2 aromatic rings. The van der Waals surface area contributed by atoms with Gasteiger partial charge in [-0.25, -0.2) is 4.90 Å². The second kappa shape index (κ2) is 6.13. The summed E-state index contributed by atoms with van der Waals surface area (Å²) >= 11 is 11.9. The van der Waals surface area contributed by atoms with E-state index in [4.69, 9.17) is 23.2 Å². The lowest BCUT2D eigenvalue weighted by Crippen LogP contribution is -2.39. The maximum Gasteiger partial charge on any atom is 0.263 e. The summed E-state index contributed by atoms with van der Waals surface area (Å²) in [6, 6.07) is 12.3. The number of anilines is 1. The molecule has 4 rings (SSSR count). The van der Waals surface area contributed by atoms with Crippen LogP contribution in [0.25, 0.3) is 0 Å². The first-order valence-corrected chi connectivity index (χ1v) is 8.35. The SMILES string of the molecule is O=C1[C@H]2N=NN(Cc3cccc(Cl)c3)[C@H]2C(=O)N1c1ccc(Cl)cc1. The van der Waals surface area contributed by atoms with Crippen LogP contribution < -0.4 is 4.90 Å². The first kappa shape index (κ1) is 16.1. The van der Waals surface area contributed by atoms with Crippen molar-refractivity contribution >= 4 is 40.7 Å². The molecule has 126 valence electrons. The average molecular weight is 375 g/mol. The van der Waals surface area contributed by atoms with Crippen molar-refractivity contribution in [2.45, 2.75) is 18.6 Å². The first-order chi connectivity index (χ1) is 12.0. The van der Waals surface area contributed by atoms with Crippen molar-refractivity contribution < 1.29 is 9.59 Å². The second-order valence-corrected chi connectivity index (χ2v) is 6.68. The molecule has 1 saturated heterocycles. The maximum atomic E-state index is 12.8. The molecule has 0 radical (unpaired) electrons. The fourth-order valence-corrected chi connectivity index (χ4v) is 3.36. The number of carbonyl (C=O) groups is 2. The number of halogens is 2. The van der Waals surface area contributed by atoms with Gasteiger partial charge in [0.05, 0.1) is 12.2 Å². The summed E-state index contributed by atoms with van der Waals surface area (Å²) in [4.78, 5) is 26.6. The van der Waals surface area contributed by atoms with E-state index in [9.17, 15) is 9.59 Å². The number of amides is 2. The molecule has 2 heterocycles. The van der Waals surface area contributed by atoms with Crippen LogP contribution >= 0.6 is 23.2 Å². The van der Waals surface area contributed by atoms with Crippen LogP contribution in [0.4, 0.5) is 5.69 Å². The van der Waals surface area contributed by atoms with E-state index in [0.717, 1.165) is 10.5 Å². The highest BCUT2D eigenvalue weighted by Crippen LogP contribution is 2.33. The van der Waals surface area contributed by atoms with Gasteiger partial charge in [-0.15, -0.1) is 0 Å². The highest BCUT2D eigenvalue weighted by atomic mass is 35.5. The van der Waals surface area contributed by atoms with Crippen LogP contribution in [0, 0.1) is 0 Å². The van der Waals surface area contributed by atoms with E-state index in [1.807, 2.05) is 12.1 Å². The van der Waals surface area contributed by atoms with Gasteiger partial charge in [0.15, 0.2) is 12.1 Å². The zero-order valence-corrected chi connectivity index (χ0v) is 14.4. The summed E-state index contributed by atoms with van der Waals surface area (Å²) in [6.07, 6.45) is 0. The molecule has 2 aliphatic rings. The third-order valence-electron chi connectivity index (χ3n) is 4.18. The maximum absolute atomic E-state index is 12.8. The number of hydrogen-bond acceptors (Lipinski definition) is 5. The lowest BCUT2D eigenvalue weighted by Gasteiger charge is -2.20. The zero-order valence-electron chi connectivity index (χ0n) is 12.8. The number of carbonyl (C=O) groups excluding carboxylic acids is 2. The van der Waals surface area contributed by atoms with Gasteiger partial charge in [0.2, 0.25) is 0 Å². The van der Waals surface area contributed by atoms with E-state index in [0.29, 0.717) is 22.3 Å². The monoisotopic (exact) mass is 374 g/mol. The van der Waals surface area contributed by atoms with Crippen molar-refractivity contribution in [2.75, 3.05) is 4.90 Å². The van der Waals surface area contributed by atoms with Crippen LogP contribution in [-0.2, 0) is 16.1 Å². The van der Waals surface area contributed by atoms with Gasteiger partial charge in [-0.3, -0.25) is 14.6 Å². The Labute approximate surface area is 153 Å². The molecule has 2 atom stereocenters. The molecule has 0 bridgehead atoms. The highest BCUT2D eigenvalue weighted by Gasteiger charge is 2.54. The quantitative estimate of drug-likeness (QED) is 0.772. The van der Waals surface area contributed by atoms with Gasteiger partial charge in [0, 0.05) is 10.0 Å². The van der Waals surface area contributed by atoms with Crippen molar-refractivity contribution in [3.05, 3.63) is 64.1 Å². The van der Waals surface area contributed by atoms with E-state index in [2.05, 4.69) is 10.3 Å². The van der Waals surface area contributed by atoms with Crippen molar-refractivity contribution in [1.29, 1.82) is 0 Å². The van der Waals surface area contributed by atoms with E-state index in [-0.39, 0.29) is 11.8 Å². The van der Waals surface area contributed by atoms with Gasteiger partial charge < -0.3 is 0 Å². The molecule has 2 aromatic carbocycles. The normalized spacial score (nSPS) is 22.0. The van der Waals surface area contributed by atoms with Crippen LogP contribution in [0.5, 0.6) is 0 Å². The summed E-state index contributed by atoms with van der Waals surface area (Å²) in [5.74, 6) is -0.723. The second-order valence-electron chi connectivity index (χ2n) is 5.81. The first-order valence-electron chi connectivity index (χ1n) is 7.60. The Bertz CT molecular complexity index is 884. The van der Waals surface area contributed by atoms with Crippen LogP contribution in [-0.4, -0.2) is 28.9 Å². The number of fused-ring (bicyclic) bond motifs is 1. The van der Waals surface area contributed by atoms with Crippen LogP contribution in [0.1, 0.15) is 5.56 Å². The van der Waals surface area contributed by atoms with Gasteiger partial charge in [-0.2, -0.15) is 5.11 Å². The summed E-state index contributed by atoms with van der Waals surface area (Å²) in [6.45, 7) is 0.346. The Kier molecular flexibility index (Phi) is 3.94. The molecule has 0 aliphatic carbocycles. The Hall–Kier alpha value is -2.44. The largest absolute Gasteiger partial charge is 0.271 e. The molecule has 0 aromatic heterocycles. The Morgan fingerprint density at radius 2 is 1.72 bits per heavy atom. The fourth-order valence-electron chi connectivity index (χ4n) is 3.02. The van der Waals surface area contributed by atoms with Crippen LogP contribution in [0.2, 0.25) is 10.0 Å².